The van der Waals surface area contributed by atoms with Gasteiger partial charge < -0.3 is 5.11 Å². The van der Waals surface area contributed by atoms with Crippen molar-refractivity contribution in [3.05, 3.63) is 29.8 Å². The van der Waals surface area contributed by atoms with Gasteiger partial charge in [-0.15, -0.1) is 0 Å². The summed E-state index contributed by atoms with van der Waals surface area (Å²) in [4.78, 5) is 21.8. The third kappa shape index (κ3) is 2.01. The van der Waals surface area contributed by atoms with E-state index in [1.54, 1.807) is 0 Å². The molecule has 1 aromatic rings. The fourth-order valence-corrected chi connectivity index (χ4v) is 0.933. The number of amides is 1. The van der Waals surface area contributed by atoms with E-state index in [1.807, 2.05) is 0 Å². The second-order valence-corrected chi connectivity index (χ2v) is 2.68. The van der Waals surface area contributed by atoms with E-state index in [0.29, 0.717) is 5.69 Å². The van der Waals surface area contributed by atoms with Crippen LogP contribution in [0, 0.1) is 0 Å². The Balaban J connectivity index is 2.94. The number of aromatic carboxylic acids is 1. The third-order valence-corrected chi connectivity index (χ3v) is 1.78. The van der Waals surface area contributed by atoms with Crippen LogP contribution in [-0.4, -0.2) is 24.2 Å². The lowest BCUT2D eigenvalue weighted by atomic mass is 10.2. The van der Waals surface area contributed by atoms with E-state index in [0.717, 1.165) is 4.90 Å². The molecule has 0 saturated heterocycles. The first kappa shape index (κ1) is 10.0. The van der Waals surface area contributed by atoms with Gasteiger partial charge in [-0.1, -0.05) is 0 Å². The normalized spacial score (nSPS) is 9.50. The lowest BCUT2D eigenvalue weighted by molar-refractivity contribution is 0.0697. The van der Waals surface area contributed by atoms with Gasteiger partial charge in [0.05, 0.1) is 5.56 Å². The van der Waals surface area contributed by atoms with Gasteiger partial charge in [0.1, 0.15) is 0 Å². The van der Waals surface area contributed by atoms with Crippen molar-refractivity contribution in [2.24, 2.45) is 0 Å². The van der Waals surface area contributed by atoms with Crippen LogP contribution in [0.4, 0.5) is 10.5 Å². The monoisotopic (exact) mass is 194 g/mol. The Hall–Kier alpha value is -2.04. The highest BCUT2D eigenvalue weighted by atomic mass is 16.4. The number of carbonyl (C=O) groups excluding carboxylic acids is 1. The Morgan fingerprint density at radius 2 is 1.71 bits per heavy atom. The molecule has 1 N–H and O–H groups in total. The van der Waals surface area contributed by atoms with E-state index in [-0.39, 0.29) is 5.56 Å². The number of hydrogen-bond acceptors (Lipinski definition) is 2. The van der Waals surface area contributed by atoms with Gasteiger partial charge in [0.15, 0.2) is 0 Å². The Morgan fingerprint density at radius 1 is 1.21 bits per heavy atom. The van der Waals surface area contributed by atoms with Gasteiger partial charge in [-0.2, -0.15) is 0 Å². The van der Waals surface area contributed by atoms with E-state index in [4.69, 9.17) is 5.11 Å². The minimum Gasteiger partial charge on any atom is -0.478 e. The second-order valence-electron chi connectivity index (χ2n) is 2.68. The number of rotatable bonds is 2. The zero-order valence-corrected chi connectivity index (χ0v) is 7.43. The minimum absolute atomic E-state index is 0.112. The molecule has 0 heterocycles. The molecule has 0 bridgehead atoms. The molecule has 0 aromatic heterocycles. The van der Waals surface area contributed by atoms with Crippen LogP contribution in [0.25, 0.3) is 0 Å². The molecule has 0 saturated carbocycles. The molecule has 14 heavy (non-hydrogen) atoms. The highest BCUT2D eigenvalue weighted by molar-refractivity contribution is 5.89. The summed E-state index contributed by atoms with van der Waals surface area (Å²) in [6.45, 7) is 0. The highest BCUT2D eigenvalue weighted by Crippen LogP contribution is 2.13. The van der Waals surface area contributed by atoms with Crippen LogP contribution in [0.15, 0.2) is 24.3 Å². The Bertz CT molecular complexity index is 358. The van der Waals surface area contributed by atoms with Crippen LogP contribution in [0.5, 0.6) is 0 Å². The smallest absolute Gasteiger partial charge is 0.457 e. The predicted octanol–water partition coefficient (Wildman–Crippen LogP) is 1.37. The maximum absolute atomic E-state index is 10.5. The summed E-state index contributed by atoms with van der Waals surface area (Å²) >= 11 is 0. The average Bonchev–Trinajstić information content (AvgIpc) is 2.16. The molecule has 0 atom stereocenters. The zero-order valence-electron chi connectivity index (χ0n) is 7.43. The van der Waals surface area contributed by atoms with Crippen LogP contribution in [0.2, 0.25) is 0 Å². The summed E-state index contributed by atoms with van der Waals surface area (Å²) in [5.41, 5.74) is 0.482. The van der Waals surface area contributed by atoms with E-state index in [9.17, 15) is 14.7 Å². The molecular weight excluding hydrogens is 186 g/mol. The molecule has 0 unspecified atom stereocenters. The molecule has 0 fully saturated rings. The van der Waals surface area contributed by atoms with Crippen LogP contribution >= 0.6 is 0 Å². The van der Waals surface area contributed by atoms with Crippen molar-refractivity contribution in [2.45, 2.75) is 0 Å². The predicted molar refractivity (Wildman–Crippen MR) is 47.9 cm³/mol. The van der Waals surface area contributed by atoms with Crippen molar-refractivity contribution in [1.82, 2.24) is 0 Å². The SMILES string of the molecule is CN(C([O])=O)c1ccc(C(=O)O)cc1. The second kappa shape index (κ2) is 3.78. The van der Waals surface area contributed by atoms with Gasteiger partial charge in [-0.25, -0.2) is 14.7 Å². The molecule has 5 heteroatoms. The molecule has 0 spiro atoms. The lowest BCUT2D eigenvalue weighted by Crippen LogP contribution is -2.22. The summed E-state index contributed by atoms with van der Waals surface area (Å²) < 4.78 is 0. The first-order valence-corrected chi connectivity index (χ1v) is 3.80. The molecule has 0 aliphatic rings. The van der Waals surface area contributed by atoms with Crippen molar-refractivity contribution >= 4 is 17.7 Å². The molecule has 1 aromatic carbocycles. The Labute approximate surface area is 80.2 Å². The average molecular weight is 194 g/mol. The number of carbonyl (C=O) groups is 2. The molecule has 1 amide bonds. The zero-order chi connectivity index (χ0) is 10.7. The van der Waals surface area contributed by atoms with Gasteiger partial charge in [0, 0.05) is 12.7 Å². The van der Waals surface area contributed by atoms with Gasteiger partial charge >= 0.3 is 12.1 Å². The van der Waals surface area contributed by atoms with Crippen molar-refractivity contribution in [2.75, 3.05) is 11.9 Å². The molecule has 1 radical (unpaired) electrons. The van der Waals surface area contributed by atoms with Crippen molar-refractivity contribution < 1.29 is 19.8 Å². The quantitative estimate of drug-likeness (QED) is 0.772. The molecule has 73 valence electrons. The van der Waals surface area contributed by atoms with Crippen molar-refractivity contribution in [1.29, 1.82) is 0 Å². The van der Waals surface area contributed by atoms with Crippen molar-refractivity contribution in [3.8, 4) is 0 Å². The van der Waals surface area contributed by atoms with E-state index in [2.05, 4.69) is 0 Å². The molecule has 0 aliphatic carbocycles. The Morgan fingerprint density at radius 3 is 2.07 bits per heavy atom. The summed E-state index contributed by atoms with van der Waals surface area (Å²) in [5, 5.41) is 19.0. The minimum atomic E-state index is -1.34. The van der Waals surface area contributed by atoms with E-state index in [1.165, 1.54) is 31.3 Å². The summed E-state index contributed by atoms with van der Waals surface area (Å²) in [5.74, 6) is -1.05. The first-order chi connectivity index (χ1) is 6.52. The molecular formula is C9H8NO4. The number of hydrogen-bond donors (Lipinski definition) is 1. The standard InChI is InChI=1S/C9H8NO4/c1-10(9(13)14)7-4-2-6(3-5-7)8(11)12/h2-5H,1H3,(H,11,12). The third-order valence-electron chi connectivity index (χ3n) is 1.78. The van der Waals surface area contributed by atoms with E-state index >= 15 is 0 Å². The van der Waals surface area contributed by atoms with Crippen LogP contribution < -0.4 is 4.90 Å². The largest absolute Gasteiger partial charge is 0.478 e. The van der Waals surface area contributed by atoms with Gasteiger partial charge in [0.2, 0.25) is 0 Å². The van der Waals surface area contributed by atoms with E-state index < -0.39 is 12.1 Å². The van der Waals surface area contributed by atoms with Gasteiger partial charge in [-0.05, 0) is 24.3 Å². The van der Waals surface area contributed by atoms with Crippen LogP contribution in [-0.2, 0) is 5.11 Å². The van der Waals surface area contributed by atoms with Gasteiger partial charge in [0.25, 0.3) is 0 Å². The molecule has 1 rings (SSSR count). The van der Waals surface area contributed by atoms with Crippen molar-refractivity contribution in [3.63, 3.8) is 0 Å². The first-order valence-electron chi connectivity index (χ1n) is 3.80. The Kier molecular flexibility index (Phi) is 2.71. The molecule has 0 aliphatic heterocycles. The van der Waals surface area contributed by atoms with Gasteiger partial charge in [-0.3, -0.25) is 4.90 Å². The number of anilines is 1. The maximum Gasteiger partial charge on any atom is 0.457 e. The van der Waals surface area contributed by atoms with Crippen LogP contribution in [0.3, 0.4) is 0 Å². The lowest BCUT2D eigenvalue weighted by Gasteiger charge is -2.10. The summed E-state index contributed by atoms with van der Waals surface area (Å²) in [6.07, 6.45) is -1.34. The maximum atomic E-state index is 10.5. The van der Waals surface area contributed by atoms with Crippen LogP contribution in [0.1, 0.15) is 10.4 Å². The summed E-state index contributed by atoms with van der Waals surface area (Å²) in [7, 11) is 1.32. The highest BCUT2D eigenvalue weighted by Gasteiger charge is 2.10. The summed E-state index contributed by atoms with van der Waals surface area (Å²) in [6, 6.07) is 5.46. The topological polar surface area (TPSA) is 77.5 Å². The molecule has 5 nitrogen and oxygen atoms in total. The number of carboxylic acids is 1. The number of benzene rings is 1. The fraction of sp³-hybridized carbons (Fsp3) is 0.111. The number of nitrogens with zero attached hydrogens (tertiary/aromatic N) is 1. The number of carboxylic acid groups (broad SMARTS) is 1. The fourth-order valence-electron chi connectivity index (χ4n) is 0.933.